The van der Waals surface area contributed by atoms with Crippen LogP contribution in [-0.4, -0.2) is 37.8 Å². The van der Waals surface area contributed by atoms with E-state index in [2.05, 4.69) is 0 Å². The fourth-order valence-electron chi connectivity index (χ4n) is 2.22. The number of amidine groups is 1. The van der Waals surface area contributed by atoms with Gasteiger partial charge in [0.25, 0.3) is 0 Å². The lowest BCUT2D eigenvalue weighted by Gasteiger charge is -2.06. The smallest absolute Gasteiger partial charge is 0.475 e. The fraction of sp³-hybridized carbons (Fsp3) is 0.111. The molecule has 13 heteroatoms. The highest BCUT2D eigenvalue weighted by Crippen LogP contribution is 2.37. The zero-order valence-electron chi connectivity index (χ0n) is 15.6. The van der Waals surface area contributed by atoms with Gasteiger partial charge in [0.2, 0.25) is 9.84 Å². The number of nitrogens with one attached hydrogen (secondary N) is 1. The van der Waals surface area contributed by atoms with E-state index in [1.165, 1.54) is 29.2 Å². The molecule has 3 aromatic rings. The van der Waals surface area contributed by atoms with Crippen molar-refractivity contribution in [3.8, 4) is 11.1 Å². The first-order valence-corrected chi connectivity index (χ1v) is 12.5. The van der Waals surface area contributed by atoms with Crippen molar-refractivity contribution in [3.63, 3.8) is 0 Å². The first-order valence-electron chi connectivity index (χ1n) is 8.08. The molecule has 0 aliphatic carbocycles. The number of nitrogen functional groups attached to an aromatic ring is 1. The zero-order chi connectivity index (χ0) is 23.4. The van der Waals surface area contributed by atoms with E-state index >= 15 is 0 Å². The van der Waals surface area contributed by atoms with Gasteiger partial charge in [-0.3, -0.25) is 5.41 Å². The SMILES string of the molecule is CSc1sc(C(=N)N)cc1S(=O)(=O)c1cccc(-c2ccsc2)c1.O=C(O)C(F)(F)F. The molecular weight excluding hydrogens is 493 g/mol. The molecule has 2 heterocycles. The Kier molecular flexibility index (Phi) is 7.92. The lowest BCUT2D eigenvalue weighted by atomic mass is 10.1. The maximum absolute atomic E-state index is 13.1. The summed E-state index contributed by atoms with van der Waals surface area (Å²) in [5, 5.41) is 18.6. The summed E-state index contributed by atoms with van der Waals surface area (Å²) < 4.78 is 58.5. The van der Waals surface area contributed by atoms with Crippen molar-refractivity contribution in [1.29, 1.82) is 5.41 Å². The number of thiophene rings is 2. The molecule has 0 radical (unpaired) electrons. The quantitative estimate of drug-likeness (QED) is 0.255. The van der Waals surface area contributed by atoms with E-state index in [-0.39, 0.29) is 15.6 Å². The molecule has 0 saturated carbocycles. The maximum Gasteiger partial charge on any atom is 0.490 e. The minimum absolute atomic E-state index is 0.122. The number of carbonyl (C=O) groups is 1. The van der Waals surface area contributed by atoms with Gasteiger partial charge in [-0.1, -0.05) is 12.1 Å². The topological polar surface area (TPSA) is 121 Å². The van der Waals surface area contributed by atoms with Crippen LogP contribution in [0.2, 0.25) is 0 Å². The molecule has 2 aromatic heterocycles. The van der Waals surface area contributed by atoms with Crippen LogP contribution in [-0.2, 0) is 14.6 Å². The number of carboxylic acids is 1. The molecule has 0 atom stereocenters. The first kappa shape index (κ1) is 24.9. The average Bonchev–Trinajstić information content (AvgIpc) is 3.38. The molecule has 3 rings (SSSR count). The molecule has 0 saturated heterocycles. The normalized spacial score (nSPS) is 11.5. The van der Waals surface area contributed by atoms with Gasteiger partial charge in [-0.25, -0.2) is 13.2 Å². The van der Waals surface area contributed by atoms with Crippen molar-refractivity contribution in [2.75, 3.05) is 6.26 Å². The summed E-state index contributed by atoms with van der Waals surface area (Å²) in [4.78, 5) is 9.82. The van der Waals surface area contributed by atoms with Gasteiger partial charge in [0.05, 0.1) is 18.9 Å². The van der Waals surface area contributed by atoms with Gasteiger partial charge in [-0.15, -0.1) is 23.1 Å². The number of carboxylic acid groups (broad SMARTS) is 1. The van der Waals surface area contributed by atoms with Crippen molar-refractivity contribution in [3.05, 3.63) is 52.0 Å². The monoisotopic (exact) mass is 508 g/mol. The predicted octanol–water partition coefficient (Wildman–Crippen LogP) is 4.95. The molecule has 0 spiro atoms. The number of alkyl halides is 3. The number of sulfone groups is 1. The van der Waals surface area contributed by atoms with E-state index in [1.807, 2.05) is 29.1 Å². The van der Waals surface area contributed by atoms with Crippen LogP contribution in [0.3, 0.4) is 0 Å². The number of thioether (sulfide) groups is 1. The van der Waals surface area contributed by atoms with E-state index in [0.717, 1.165) is 11.1 Å². The molecule has 0 aliphatic heterocycles. The minimum atomic E-state index is -5.08. The van der Waals surface area contributed by atoms with Gasteiger partial charge in [-0.2, -0.15) is 24.5 Å². The van der Waals surface area contributed by atoms with Crippen LogP contribution in [0.25, 0.3) is 11.1 Å². The van der Waals surface area contributed by atoms with Crippen LogP contribution in [0.15, 0.2) is 61.2 Å². The van der Waals surface area contributed by atoms with Crippen molar-refractivity contribution < 1.29 is 31.5 Å². The second-order valence-corrected chi connectivity index (χ2v) is 10.6. The molecule has 0 amide bonds. The Hall–Kier alpha value is -2.35. The van der Waals surface area contributed by atoms with Gasteiger partial charge < -0.3 is 10.8 Å². The van der Waals surface area contributed by atoms with Gasteiger partial charge >= 0.3 is 12.1 Å². The number of aliphatic carboxylic acids is 1. The average molecular weight is 509 g/mol. The standard InChI is InChI=1S/C16H14N2O2S4.C2HF3O2/c1-21-16-14(8-13(23-16)15(17)18)24(19,20)12-4-2-3-10(7-12)11-5-6-22-9-11;3-2(4,5)1(6)7/h2-9H,1H3,(H3,17,18);(H,6,7). The summed E-state index contributed by atoms with van der Waals surface area (Å²) in [5.41, 5.74) is 7.37. The third-order valence-electron chi connectivity index (χ3n) is 3.65. The van der Waals surface area contributed by atoms with Crippen molar-refractivity contribution in [2.45, 2.75) is 20.2 Å². The largest absolute Gasteiger partial charge is 0.490 e. The van der Waals surface area contributed by atoms with Crippen LogP contribution in [0.4, 0.5) is 13.2 Å². The summed E-state index contributed by atoms with van der Waals surface area (Å²) in [6.07, 6.45) is -3.27. The molecule has 0 unspecified atom stereocenters. The molecule has 31 heavy (non-hydrogen) atoms. The zero-order valence-corrected chi connectivity index (χ0v) is 18.9. The van der Waals surface area contributed by atoms with Crippen LogP contribution < -0.4 is 5.73 Å². The fourth-order valence-corrected chi connectivity index (χ4v) is 6.79. The van der Waals surface area contributed by atoms with Gasteiger partial charge in [-0.05, 0) is 52.4 Å². The third-order valence-corrected chi connectivity index (χ3v) is 8.67. The molecule has 0 bridgehead atoms. The van der Waals surface area contributed by atoms with Crippen LogP contribution in [0, 0.1) is 5.41 Å². The summed E-state index contributed by atoms with van der Waals surface area (Å²) in [7, 11) is -3.67. The highest BCUT2D eigenvalue weighted by molar-refractivity contribution is 8.01. The molecule has 166 valence electrons. The molecular formula is C18H15F3N2O4S4. The number of rotatable bonds is 5. The van der Waals surface area contributed by atoms with Gasteiger partial charge in [0.1, 0.15) is 5.84 Å². The first-order chi connectivity index (χ1) is 14.4. The Morgan fingerprint density at radius 2 is 1.84 bits per heavy atom. The summed E-state index contributed by atoms with van der Waals surface area (Å²) in [6.45, 7) is 0. The van der Waals surface area contributed by atoms with Crippen molar-refractivity contribution in [2.24, 2.45) is 5.73 Å². The van der Waals surface area contributed by atoms with Crippen LogP contribution in [0.5, 0.6) is 0 Å². The van der Waals surface area contributed by atoms with Crippen LogP contribution >= 0.6 is 34.4 Å². The highest BCUT2D eigenvalue weighted by Gasteiger charge is 2.38. The predicted molar refractivity (Wildman–Crippen MR) is 116 cm³/mol. The van der Waals surface area contributed by atoms with Gasteiger partial charge in [0.15, 0.2) is 0 Å². The number of halogens is 3. The molecule has 6 nitrogen and oxygen atoms in total. The Balaban J connectivity index is 0.000000423. The van der Waals surface area contributed by atoms with Crippen molar-refractivity contribution in [1.82, 2.24) is 0 Å². The van der Waals surface area contributed by atoms with Crippen molar-refractivity contribution >= 4 is 56.1 Å². The Labute approximate surface area is 188 Å². The maximum atomic E-state index is 13.1. The van der Waals surface area contributed by atoms with E-state index in [0.29, 0.717) is 9.09 Å². The Morgan fingerprint density at radius 3 is 2.32 bits per heavy atom. The third kappa shape index (κ3) is 6.09. The number of nitrogens with two attached hydrogens (primary N) is 1. The second-order valence-electron chi connectivity index (χ2n) is 5.73. The number of hydrogen-bond acceptors (Lipinski definition) is 7. The van der Waals surface area contributed by atoms with Crippen LogP contribution in [0.1, 0.15) is 4.88 Å². The molecule has 4 N–H and O–H groups in total. The molecule has 1 aromatic carbocycles. The second kappa shape index (κ2) is 9.85. The summed E-state index contributed by atoms with van der Waals surface area (Å²) in [6, 6.07) is 10.4. The van der Waals surface area contributed by atoms with Gasteiger partial charge in [0, 0.05) is 0 Å². The Morgan fingerprint density at radius 1 is 1.19 bits per heavy atom. The minimum Gasteiger partial charge on any atom is -0.475 e. The summed E-state index contributed by atoms with van der Waals surface area (Å²) in [5.74, 6) is -2.88. The highest BCUT2D eigenvalue weighted by atomic mass is 32.2. The number of hydrogen-bond donors (Lipinski definition) is 3. The Bertz CT molecular complexity index is 1190. The number of benzene rings is 1. The molecule has 0 fully saturated rings. The lowest BCUT2D eigenvalue weighted by Crippen LogP contribution is -2.21. The van der Waals surface area contributed by atoms with E-state index in [9.17, 15) is 21.6 Å². The lowest BCUT2D eigenvalue weighted by molar-refractivity contribution is -0.192. The summed E-state index contributed by atoms with van der Waals surface area (Å²) >= 11 is 4.14. The molecule has 0 aliphatic rings. The van der Waals surface area contributed by atoms with E-state index < -0.39 is 22.0 Å². The van der Waals surface area contributed by atoms with E-state index in [1.54, 1.807) is 29.5 Å². The van der Waals surface area contributed by atoms with E-state index in [4.69, 9.17) is 21.0 Å².